The summed E-state index contributed by atoms with van der Waals surface area (Å²) in [5.41, 5.74) is 0. The van der Waals surface area contributed by atoms with E-state index < -0.39 is 0 Å². The number of allylic oxidation sites excluding steroid dienone is 1. The third-order valence-corrected chi connectivity index (χ3v) is 3.30. The van der Waals surface area contributed by atoms with Gasteiger partial charge in [0.15, 0.2) is 0 Å². The highest BCUT2D eigenvalue weighted by molar-refractivity contribution is 14.1. The van der Waals surface area contributed by atoms with Crippen LogP contribution in [0, 0.1) is 0 Å². The van der Waals surface area contributed by atoms with Crippen molar-refractivity contribution in [3.8, 4) is 0 Å². The van der Waals surface area contributed by atoms with Crippen LogP contribution in [-0.4, -0.2) is 4.43 Å². The molecule has 0 spiro atoms. The molecule has 0 radical (unpaired) electrons. The second-order valence-corrected chi connectivity index (χ2v) is 5.03. The molecule has 84 valence electrons. The van der Waals surface area contributed by atoms with Crippen molar-refractivity contribution in [3.05, 3.63) is 12.7 Å². The second-order valence-electron chi connectivity index (χ2n) is 3.95. The highest BCUT2D eigenvalue weighted by Gasteiger charge is 1.91. The highest BCUT2D eigenvalue weighted by atomic mass is 127. The molecule has 0 aromatic carbocycles. The van der Waals surface area contributed by atoms with Crippen molar-refractivity contribution < 1.29 is 0 Å². The first-order valence-electron chi connectivity index (χ1n) is 6.08. The summed E-state index contributed by atoms with van der Waals surface area (Å²) in [6.45, 7) is 3.74. The maximum absolute atomic E-state index is 3.74. The summed E-state index contributed by atoms with van der Waals surface area (Å²) in [4.78, 5) is 0. The van der Waals surface area contributed by atoms with Crippen LogP contribution in [0.3, 0.4) is 0 Å². The first kappa shape index (κ1) is 14.5. The van der Waals surface area contributed by atoms with E-state index in [1.54, 1.807) is 0 Å². The molecule has 0 aliphatic rings. The van der Waals surface area contributed by atoms with Crippen LogP contribution in [-0.2, 0) is 0 Å². The lowest BCUT2D eigenvalue weighted by Gasteiger charge is -2.00. The van der Waals surface area contributed by atoms with Crippen molar-refractivity contribution in [2.24, 2.45) is 0 Å². The normalized spacial score (nSPS) is 10.4. The van der Waals surface area contributed by atoms with E-state index in [0.29, 0.717) is 0 Å². The molecule has 0 aliphatic carbocycles. The lowest BCUT2D eigenvalue weighted by atomic mass is 10.1. The maximum atomic E-state index is 3.74. The van der Waals surface area contributed by atoms with Crippen molar-refractivity contribution in [1.82, 2.24) is 0 Å². The molecule has 0 fully saturated rings. The van der Waals surface area contributed by atoms with Crippen LogP contribution >= 0.6 is 22.6 Å². The summed E-state index contributed by atoms with van der Waals surface area (Å²) in [7, 11) is 0. The SMILES string of the molecule is C=CCCCCCCCCCCCI. The molecule has 0 aromatic rings. The molecule has 14 heavy (non-hydrogen) atoms. The Morgan fingerprint density at radius 1 is 0.714 bits per heavy atom. The smallest absolute Gasteiger partial charge is 0.000473 e. The molecule has 0 aliphatic heterocycles. The quantitative estimate of drug-likeness (QED) is 0.204. The predicted octanol–water partition coefficient (Wildman–Crippen LogP) is 5.51. The summed E-state index contributed by atoms with van der Waals surface area (Å²) in [5.74, 6) is 0. The Bertz CT molecular complexity index is 110. The molecule has 0 saturated carbocycles. The fourth-order valence-corrected chi connectivity index (χ4v) is 2.16. The van der Waals surface area contributed by atoms with E-state index in [4.69, 9.17) is 0 Å². The van der Waals surface area contributed by atoms with Gasteiger partial charge in [-0.25, -0.2) is 0 Å². The Morgan fingerprint density at radius 2 is 1.14 bits per heavy atom. The Balaban J connectivity index is 2.81. The molecule has 0 bridgehead atoms. The van der Waals surface area contributed by atoms with Gasteiger partial charge in [-0.3, -0.25) is 0 Å². The molecule has 0 atom stereocenters. The van der Waals surface area contributed by atoms with Crippen LogP contribution in [0.5, 0.6) is 0 Å². The highest BCUT2D eigenvalue weighted by Crippen LogP contribution is 2.10. The van der Waals surface area contributed by atoms with E-state index in [-0.39, 0.29) is 0 Å². The number of unbranched alkanes of at least 4 members (excludes halogenated alkanes) is 9. The van der Waals surface area contributed by atoms with Crippen LogP contribution < -0.4 is 0 Å². The van der Waals surface area contributed by atoms with Gasteiger partial charge in [-0.2, -0.15) is 0 Å². The molecule has 0 rings (SSSR count). The van der Waals surface area contributed by atoms with Crippen LogP contribution in [0.4, 0.5) is 0 Å². The zero-order chi connectivity index (χ0) is 10.5. The Hall–Kier alpha value is 0.470. The van der Waals surface area contributed by atoms with Gasteiger partial charge < -0.3 is 0 Å². The third-order valence-electron chi connectivity index (χ3n) is 2.54. The predicted molar refractivity (Wildman–Crippen MR) is 75.3 cm³/mol. The molecule has 0 heterocycles. The summed E-state index contributed by atoms with van der Waals surface area (Å²) in [6, 6.07) is 0. The average molecular weight is 308 g/mol. The van der Waals surface area contributed by atoms with Gasteiger partial charge in [-0.1, -0.05) is 73.6 Å². The molecule has 0 unspecified atom stereocenters. The molecule has 0 saturated heterocycles. The minimum atomic E-state index is 1.20. The first-order valence-corrected chi connectivity index (χ1v) is 7.61. The van der Waals surface area contributed by atoms with Gasteiger partial charge >= 0.3 is 0 Å². The van der Waals surface area contributed by atoms with Gasteiger partial charge in [0.25, 0.3) is 0 Å². The van der Waals surface area contributed by atoms with E-state index >= 15 is 0 Å². The molecular formula is C13H25I. The summed E-state index contributed by atoms with van der Waals surface area (Å²) in [6.07, 6.45) is 16.1. The molecule has 0 amide bonds. The van der Waals surface area contributed by atoms with Gasteiger partial charge in [0, 0.05) is 0 Å². The standard InChI is InChI=1S/C13H25I/c1-2-3-4-5-6-7-8-9-10-11-12-13-14/h2H,1,3-13H2. The minimum absolute atomic E-state index is 1.20. The topological polar surface area (TPSA) is 0 Å². The number of halogens is 1. The Kier molecular flexibility index (Phi) is 13.9. The summed E-state index contributed by atoms with van der Waals surface area (Å²) < 4.78 is 1.33. The fraction of sp³-hybridized carbons (Fsp3) is 0.846. The van der Waals surface area contributed by atoms with E-state index in [1.165, 1.54) is 68.6 Å². The van der Waals surface area contributed by atoms with Gasteiger partial charge in [-0.05, 0) is 23.7 Å². The third kappa shape index (κ3) is 12.5. The largest absolute Gasteiger partial charge is 0.103 e. The molecule has 0 N–H and O–H groups in total. The van der Waals surface area contributed by atoms with Gasteiger partial charge in [-0.15, -0.1) is 6.58 Å². The first-order chi connectivity index (χ1) is 6.91. The van der Waals surface area contributed by atoms with Gasteiger partial charge in [0.2, 0.25) is 0 Å². The maximum Gasteiger partial charge on any atom is -0.000473 e. The van der Waals surface area contributed by atoms with Crippen molar-refractivity contribution in [2.45, 2.75) is 64.2 Å². The average Bonchev–Trinajstić information content (AvgIpc) is 2.21. The van der Waals surface area contributed by atoms with Crippen molar-refractivity contribution in [3.63, 3.8) is 0 Å². The number of rotatable bonds is 11. The molecule has 0 nitrogen and oxygen atoms in total. The number of hydrogen-bond acceptors (Lipinski definition) is 0. The van der Waals surface area contributed by atoms with Crippen molar-refractivity contribution >= 4 is 22.6 Å². The second kappa shape index (κ2) is 13.5. The lowest BCUT2D eigenvalue weighted by Crippen LogP contribution is -1.81. The Morgan fingerprint density at radius 3 is 1.57 bits per heavy atom. The number of alkyl halides is 1. The fourth-order valence-electron chi connectivity index (χ4n) is 1.62. The van der Waals surface area contributed by atoms with Crippen LogP contribution in [0.2, 0.25) is 0 Å². The zero-order valence-corrected chi connectivity index (χ0v) is 11.6. The van der Waals surface area contributed by atoms with E-state index in [2.05, 4.69) is 29.2 Å². The molecule has 0 aromatic heterocycles. The monoisotopic (exact) mass is 308 g/mol. The van der Waals surface area contributed by atoms with Crippen LogP contribution in [0.15, 0.2) is 12.7 Å². The van der Waals surface area contributed by atoms with Crippen LogP contribution in [0.25, 0.3) is 0 Å². The number of hydrogen-bond donors (Lipinski definition) is 0. The van der Waals surface area contributed by atoms with Crippen LogP contribution in [0.1, 0.15) is 64.2 Å². The lowest BCUT2D eigenvalue weighted by molar-refractivity contribution is 0.568. The summed E-state index contributed by atoms with van der Waals surface area (Å²) in [5, 5.41) is 0. The zero-order valence-electron chi connectivity index (χ0n) is 9.44. The van der Waals surface area contributed by atoms with E-state index in [0.717, 1.165) is 0 Å². The summed E-state index contributed by atoms with van der Waals surface area (Å²) >= 11 is 2.47. The van der Waals surface area contributed by atoms with E-state index in [1.807, 2.05) is 6.08 Å². The van der Waals surface area contributed by atoms with Crippen molar-refractivity contribution in [2.75, 3.05) is 4.43 Å². The van der Waals surface area contributed by atoms with Gasteiger partial charge in [0.1, 0.15) is 0 Å². The Labute approximate surface area is 104 Å². The van der Waals surface area contributed by atoms with Crippen molar-refractivity contribution in [1.29, 1.82) is 0 Å². The minimum Gasteiger partial charge on any atom is -0.103 e. The van der Waals surface area contributed by atoms with Gasteiger partial charge in [0.05, 0.1) is 0 Å². The molecular weight excluding hydrogens is 283 g/mol. The molecule has 1 heteroatoms. The van der Waals surface area contributed by atoms with E-state index in [9.17, 15) is 0 Å².